The average molecular weight is 305 g/mol. The molecule has 4 unspecified atom stereocenters. The van der Waals surface area contributed by atoms with Gasteiger partial charge in [0.25, 0.3) is 0 Å². The zero-order valence-electron chi connectivity index (χ0n) is 11.7. The standard InChI is InChI=1S/C16H19NOS2/c1-11-10-14(20(18)15-8-5-9-19-15)16(17-2)13-7-4-3-6-12(11)13/h3-9,11,14,16-17H,10H2,1-2H3. The smallest absolute Gasteiger partial charge is 0.0914 e. The fraction of sp³-hybridized carbons (Fsp3) is 0.375. The van der Waals surface area contributed by atoms with Crippen LogP contribution in [0.5, 0.6) is 0 Å². The maximum Gasteiger partial charge on any atom is 0.0914 e. The summed E-state index contributed by atoms with van der Waals surface area (Å²) < 4.78 is 13.9. The molecular formula is C16H19NOS2. The van der Waals surface area contributed by atoms with Gasteiger partial charge in [0.15, 0.2) is 0 Å². The first-order valence-corrected chi connectivity index (χ1v) is 9.01. The first-order chi connectivity index (χ1) is 9.72. The zero-order chi connectivity index (χ0) is 14.1. The zero-order valence-corrected chi connectivity index (χ0v) is 13.3. The van der Waals surface area contributed by atoms with Crippen LogP contribution in [-0.4, -0.2) is 16.5 Å². The summed E-state index contributed by atoms with van der Waals surface area (Å²) >= 11 is 1.59. The summed E-state index contributed by atoms with van der Waals surface area (Å²) in [4.78, 5) is 0. The van der Waals surface area contributed by atoms with E-state index in [-0.39, 0.29) is 11.3 Å². The van der Waals surface area contributed by atoms with Crippen LogP contribution in [0.1, 0.15) is 36.4 Å². The predicted molar refractivity (Wildman–Crippen MR) is 85.8 cm³/mol. The highest BCUT2D eigenvalue weighted by Crippen LogP contribution is 2.41. The van der Waals surface area contributed by atoms with Crippen molar-refractivity contribution < 1.29 is 4.21 Å². The van der Waals surface area contributed by atoms with Crippen molar-refractivity contribution in [1.29, 1.82) is 0 Å². The quantitative estimate of drug-likeness (QED) is 0.937. The van der Waals surface area contributed by atoms with E-state index in [9.17, 15) is 4.21 Å². The largest absolute Gasteiger partial charge is 0.312 e. The van der Waals surface area contributed by atoms with Crippen LogP contribution in [0.15, 0.2) is 46.0 Å². The van der Waals surface area contributed by atoms with Crippen molar-refractivity contribution in [2.75, 3.05) is 7.05 Å². The van der Waals surface area contributed by atoms with Crippen molar-refractivity contribution in [2.24, 2.45) is 0 Å². The molecule has 0 saturated carbocycles. The second-order valence-electron chi connectivity index (χ2n) is 5.30. The van der Waals surface area contributed by atoms with Crippen molar-refractivity contribution in [3.63, 3.8) is 0 Å². The van der Waals surface area contributed by atoms with E-state index in [1.807, 2.05) is 24.6 Å². The van der Waals surface area contributed by atoms with Crippen molar-refractivity contribution in [2.45, 2.75) is 34.8 Å². The van der Waals surface area contributed by atoms with Crippen LogP contribution in [0, 0.1) is 0 Å². The Labute approximate surface area is 126 Å². The van der Waals surface area contributed by atoms with Crippen LogP contribution in [0.4, 0.5) is 0 Å². The van der Waals surface area contributed by atoms with E-state index in [2.05, 4.69) is 36.5 Å². The Morgan fingerprint density at radius 3 is 2.60 bits per heavy atom. The number of nitrogens with one attached hydrogen (secondary N) is 1. The summed E-state index contributed by atoms with van der Waals surface area (Å²) in [7, 11) is 1.03. The topological polar surface area (TPSA) is 29.1 Å². The SMILES string of the molecule is CNC1c2ccccc2C(C)CC1S(=O)c1cccs1. The molecule has 0 fully saturated rings. The average Bonchev–Trinajstić information content (AvgIpc) is 3.01. The van der Waals surface area contributed by atoms with Gasteiger partial charge in [-0.05, 0) is 42.0 Å². The molecule has 20 heavy (non-hydrogen) atoms. The molecule has 0 radical (unpaired) electrons. The fourth-order valence-corrected chi connectivity index (χ4v) is 6.00. The van der Waals surface area contributed by atoms with Crippen molar-refractivity contribution in [3.8, 4) is 0 Å². The number of rotatable bonds is 3. The minimum Gasteiger partial charge on any atom is -0.312 e. The Kier molecular flexibility index (Phi) is 4.06. The van der Waals surface area contributed by atoms with Gasteiger partial charge in [0.2, 0.25) is 0 Å². The molecule has 1 N–H and O–H groups in total. The summed E-state index contributed by atoms with van der Waals surface area (Å²) in [6.07, 6.45) is 0.965. The molecule has 1 aliphatic carbocycles. The number of benzene rings is 1. The highest BCUT2D eigenvalue weighted by molar-refractivity contribution is 7.88. The van der Waals surface area contributed by atoms with E-state index in [0.717, 1.165) is 10.6 Å². The lowest BCUT2D eigenvalue weighted by atomic mass is 9.81. The van der Waals surface area contributed by atoms with Crippen molar-refractivity contribution in [3.05, 3.63) is 52.9 Å². The Morgan fingerprint density at radius 1 is 1.20 bits per heavy atom. The van der Waals surface area contributed by atoms with Crippen LogP contribution in [0.3, 0.4) is 0 Å². The van der Waals surface area contributed by atoms with Crippen LogP contribution in [0.2, 0.25) is 0 Å². The highest BCUT2D eigenvalue weighted by Gasteiger charge is 2.36. The molecular weight excluding hydrogens is 286 g/mol. The summed E-state index contributed by atoms with van der Waals surface area (Å²) in [5, 5.41) is 5.53. The van der Waals surface area contributed by atoms with Gasteiger partial charge in [0, 0.05) is 6.04 Å². The van der Waals surface area contributed by atoms with Gasteiger partial charge in [0.1, 0.15) is 0 Å². The minimum atomic E-state index is -0.941. The van der Waals surface area contributed by atoms with E-state index in [1.54, 1.807) is 11.3 Å². The second kappa shape index (κ2) is 5.80. The molecule has 0 aliphatic heterocycles. The Morgan fingerprint density at radius 2 is 1.95 bits per heavy atom. The van der Waals surface area contributed by atoms with Gasteiger partial charge in [-0.1, -0.05) is 37.3 Å². The van der Waals surface area contributed by atoms with Gasteiger partial charge in [-0.25, -0.2) is 0 Å². The second-order valence-corrected chi connectivity index (χ2v) is 8.15. The molecule has 4 atom stereocenters. The molecule has 2 nitrogen and oxygen atoms in total. The van der Waals surface area contributed by atoms with Gasteiger partial charge in [0.05, 0.1) is 20.3 Å². The van der Waals surface area contributed by atoms with E-state index in [4.69, 9.17) is 0 Å². The first kappa shape index (κ1) is 14.0. The van der Waals surface area contributed by atoms with Crippen LogP contribution >= 0.6 is 11.3 Å². The number of hydrogen-bond donors (Lipinski definition) is 1. The lowest BCUT2D eigenvalue weighted by Gasteiger charge is -2.36. The summed E-state index contributed by atoms with van der Waals surface area (Å²) in [5.41, 5.74) is 2.70. The minimum absolute atomic E-state index is 0.142. The normalized spacial score (nSPS) is 27.0. The summed E-state index contributed by atoms with van der Waals surface area (Å²) in [6, 6.07) is 12.7. The third kappa shape index (κ3) is 2.36. The number of thiophene rings is 1. The maximum absolute atomic E-state index is 12.9. The third-order valence-electron chi connectivity index (χ3n) is 4.10. The molecule has 1 aliphatic rings. The number of fused-ring (bicyclic) bond motifs is 1. The highest BCUT2D eigenvalue weighted by atomic mass is 32.2. The molecule has 0 bridgehead atoms. The third-order valence-corrected chi connectivity index (χ3v) is 7.09. The Bertz CT molecular complexity index is 609. The molecule has 1 aromatic heterocycles. The molecule has 0 spiro atoms. The predicted octanol–water partition coefficient (Wildman–Crippen LogP) is 3.69. The monoisotopic (exact) mass is 305 g/mol. The lowest BCUT2D eigenvalue weighted by Crippen LogP contribution is -2.37. The van der Waals surface area contributed by atoms with E-state index in [0.29, 0.717) is 5.92 Å². The van der Waals surface area contributed by atoms with E-state index < -0.39 is 10.8 Å². The van der Waals surface area contributed by atoms with Gasteiger partial charge in [-0.15, -0.1) is 11.3 Å². The molecule has 1 aromatic carbocycles. The molecule has 3 rings (SSSR count). The maximum atomic E-state index is 12.9. The molecule has 2 aromatic rings. The van der Waals surface area contributed by atoms with Crippen molar-refractivity contribution >= 4 is 22.1 Å². The van der Waals surface area contributed by atoms with Crippen LogP contribution < -0.4 is 5.32 Å². The molecule has 0 saturated heterocycles. The molecule has 4 heteroatoms. The summed E-state index contributed by atoms with van der Waals surface area (Å²) in [5.74, 6) is 0.463. The van der Waals surface area contributed by atoms with Gasteiger partial charge in [-0.3, -0.25) is 4.21 Å². The van der Waals surface area contributed by atoms with Crippen molar-refractivity contribution in [1.82, 2.24) is 5.32 Å². The summed E-state index contributed by atoms with van der Waals surface area (Å²) in [6.45, 7) is 2.24. The van der Waals surface area contributed by atoms with Gasteiger partial charge in [-0.2, -0.15) is 0 Å². The van der Waals surface area contributed by atoms with E-state index in [1.165, 1.54) is 11.1 Å². The fourth-order valence-electron chi connectivity index (χ4n) is 3.13. The Hall–Kier alpha value is -0.970. The van der Waals surface area contributed by atoms with Gasteiger partial charge < -0.3 is 5.32 Å². The van der Waals surface area contributed by atoms with E-state index >= 15 is 0 Å². The van der Waals surface area contributed by atoms with Crippen LogP contribution in [0.25, 0.3) is 0 Å². The van der Waals surface area contributed by atoms with Gasteiger partial charge >= 0.3 is 0 Å². The number of hydrogen-bond acceptors (Lipinski definition) is 3. The molecule has 106 valence electrons. The lowest BCUT2D eigenvalue weighted by molar-refractivity contribution is 0.463. The van der Waals surface area contributed by atoms with Crippen LogP contribution in [-0.2, 0) is 10.8 Å². The molecule has 1 heterocycles. The Balaban J connectivity index is 1.99. The first-order valence-electron chi connectivity index (χ1n) is 6.92. The molecule has 0 amide bonds.